The number of benzene rings is 2. The van der Waals surface area contributed by atoms with Crippen molar-refractivity contribution in [1.82, 2.24) is 5.32 Å². The molecule has 140 valence electrons. The zero-order valence-electron chi connectivity index (χ0n) is 14.6. The maximum atomic E-state index is 12.9. The number of carbonyl (C=O) groups excluding carboxylic acids is 1. The molecule has 0 aliphatic carbocycles. The molecule has 0 aliphatic heterocycles. The van der Waals surface area contributed by atoms with Crippen molar-refractivity contribution in [3.63, 3.8) is 0 Å². The highest BCUT2D eigenvalue weighted by Gasteiger charge is 2.32. The standard InChI is InChI=1S/C20H22F3NO2/c1-15-7-2-5-10-18(15)26-14-6-11-19(25)24-13-12-16-8-3-4-9-17(16)20(21,22)23/h2-5,7-10H,6,11-14H2,1H3,(H,24,25). The molecule has 3 nitrogen and oxygen atoms in total. The first-order chi connectivity index (χ1) is 12.4. The molecule has 0 fully saturated rings. The second-order valence-corrected chi connectivity index (χ2v) is 5.97. The molecule has 0 saturated heterocycles. The Balaban J connectivity index is 1.69. The van der Waals surface area contributed by atoms with E-state index in [9.17, 15) is 18.0 Å². The van der Waals surface area contributed by atoms with E-state index in [1.165, 1.54) is 12.1 Å². The number of carbonyl (C=O) groups is 1. The monoisotopic (exact) mass is 365 g/mol. The normalized spacial score (nSPS) is 11.2. The molecule has 0 atom stereocenters. The van der Waals surface area contributed by atoms with Crippen LogP contribution in [0.2, 0.25) is 0 Å². The van der Waals surface area contributed by atoms with E-state index in [0.717, 1.165) is 17.4 Å². The number of nitrogens with one attached hydrogen (secondary N) is 1. The topological polar surface area (TPSA) is 38.3 Å². The summed E-state index contributed by atoms with van der Waals surface area (Å²) < 4.78 is 44.3. The summed E-state index contributed by atoms with van der Waals surface area (Å²) in [5.74, 6) is 0.597. The van der Waals surface area contributed by atoms with Crippen LogP contribution >= 0.6 is 0 Å². The second kappa shape index (κ2) is 9.27. The van der Waals surface area contributed by atoms with Gasteiger partial charge in [0, 0.05) is 13.0 Å². The van der Waals surface area contributed by atoms with E-state index in [4.69, 9.17) is 4.74 Å². The quantitative estimate of drug-likeness (QED) is 0.698. The number of hydrogen-bond acceptors (Lipinski definition) is 2. The summed E-state index contributed by atoms with van der Waals surface area (Å²) >= 11 is 0. The van der Waals surface area contributed by atoms with Crippen molar-refractivity contribution in [2.45, 2.75) is 32.4 Å². The maximum absolute atomic E-state index is 12.9. The molecule has 0 radical (unpaired) electrons. The van der Waals surface area contributed by atoms with Gasteiger partial charge >= 0.3 is 6.18 Å². The highest BCUT2D eigenvalue weighted by atomic mass is 19.4. The molecule has 2 rings (SSSR count). The Labute approximate surface area is 151 Å². The van der Waals surface area contributed by atoms with Crippen LogP contribution in [0.3, 0.4) is 0 Å². The molecular weight excluding hydrogens is 343 g/mol. The molecule has 26 heavy (non-hydrogen) atoms. The van der Waals surface area contributed by atoms with Gasteiger partial charge in [-0.25, -0.2) is 0 Å². The Hall–Kier alpha value is -2.50. The van der Waals surface area contributed by atoms with Crippen molar-refractivity contribution in [1.29, 1.82) is 0 Å². The van der Waals surface area contributed by atoms with Crippen molar-refractivity contribution in [2.24, 2.45) is 0 Å². The second-order valence-electron chi connectivity index (χ2n) is 5.97. The molecule has 0 aromatic heterocycles. The molecule has 0 bridgehead atoms. The number of alkyl halides is 3. The average Bonchev–Trinajstić information content (AvgIpc) is 2.60. The van der Waals surface area contributed by atoms with Gasteiger partial charge in [-0.3, -0.25) is 4.79 Å². The SMILES string of the molecule is Cc1ccccc1OCCCC(=O)NCCc1ccccc1C(F)(F)F. The lowest BCUT2D eigenvalue weighted by molar-refractivity contribution is -0.138. The molecule has 0 saturated carbocycles. The molecule has 0 spiro atoms. The number of aryl methyl sites for hydroxylation is 1. The number of hydrogen-bond donors (Lipinski definition) is 1. The number of rotatable bonds is 8. The van der Waals surface area contributed by atoms with Crippen molar-refractivity contribution in [3.8, 4) is 5.75 Å². The van der Waals surface area contributed by atoms with E-state index in [2.05, 4.69) is 5.32 Å². The van der Waals surface area contributed by atoms with Crippen molar-refractivity contribution in [3.05, 3.63) is 65.2 Å². The van der Waals surface area contributed by atoms with E-state index < -0.39 is 11.7 Å². The van der Waals surface area contributed by atoms with Crippen LogP contribution in [-0.4, -0.2) is 19.1 Å². The largest absolute Gasteiger partial charge is 0.493 e. The third-order valence-corrected chi connectivity index (χ3v) is 3.94. The lowest BCUT2D eigenvalue weighted by Gasteiger charge is -2.13. The minimum Gasteiger partial charge on any atom is -0.493 e. The van der Waals surface area contributed by atoms with E-state index in [1.807, 2.05) is 31.2 Å². The van der Waals surface area contributed by atoms with E-state index >= 15 is 0 Å². The van der Waals surface area contributed by atoms with E-state index in [-0.39, 0.29) is 30.9 Å². The third-order valence-electron chi connectivity index (χ3n) is 3.94. The summed E-state index contributed by atoms with van der Waals surface area (Å²) in [6, 6.07) is 13.0. The molecule has 2 aromatic rings. The first-order valence-corrected chi connectivity index (χ1v) is 8.48. The van der Waals surface area contributed by atoms with Gasteiger partial charge in [0.2, 0.25) is 5.91 Å². The Morgan fingerprint density at radius 2 is 1.77 bits per heavy atom. The van der Waals surface area contributed by atoms with Gasteiger partial charge in [0.05, 0.1) is 12.2 Å². The lowest BCUT2D eigenvalue weighted by atomic mass is 10.0. The van der Waals surface area contributed by atoms with Gasteiger partial charge in [0.15, 0.2) is 0 Å². The van der Waals surface area contributed by atoms with Crippen LogP contribution in [0, 0.1) is 6.92 Å². The number of halogens is 3. The first-order valence-electron chi connectivity index (χ1n) is 8.48. The van der Waals surface area contributed by atoms with Gasteiger partial charge < -0.3 is 10.1 Å². The maximum Gasteiger partial charge on any atom is 0.416 e. The number of amides is 1. The summed E-state index contributed by atoms with van der Waals surface area (Å²) in [5, 5.41) is 2.66. The highest BCUT2D eigenvalue weighted by molar-refractivity contribution is 5.75. The van der Waals surface area contributed by atoms with Gasteiger partial charge in [0.1, 0.15) is 5.75 Å². The van der Waals surface area contributed by atoms with Crippen LogP contribution in [0.25, 0.3) is 0 Å². The fraction of sp³-hybridized carbons (Fsp3) is 0.350. The van der Waals surface area contributed by atoms with Gasteiger partial charge in [-0.2, -0.15) is 13.2 Å². The molecule has 0 heterocycles. The molecule has 1 N–H and O–H groups in total. The summed E-state index contributed by atoms with van der Waals surface area (Å²) in [7, 11) is 0. The van der Waals surface area contributed by atoms with Crippen molar-refractivity contribution >= 4 is 5.91 Å². The molecule has 6 heteroatoms. The smallest absolute Gasteiger partial charge is 0.416 e. The summed E-state index contributed by atoms with van der Waals surface area (Å²) in [6.07, 6.45) is -3.43. The fourth-order valence-electron chi connectivity index (χ4n) is 2.57. The third kappa shape index (κ3) is 6.10. The van der Waals surface area contributed by atoms with Crippen LogP contribution in [0.5, 0.6) is 5.75 Å². The van der Waals surface area contributed by atoms with Gasteiger partial charge in [-0.1, -0.05) is 36.4 Å². The lowest BCUT2D eigenvalue weighted by Crippen LogP contribution is -2.26. The van der Waals surface area contributed by atoms with Gasteiger partial charge in [0.25, 0.3) is 0 Å². The predicted octanol–water partition coefficient (Wildman–Crippen LogP) is 4.53. The zero-order valence-corrected chi connectivity index (χ0v) is 14.6. The highest BCUT2D eigenvalue weighted by Crippen LogP contribution is 2.31. The molecule has 1 amide bonds. The van der Waals surface area contributed by atoms with Crippen LogP contribution in [0.4, 0.5) is 13.2 Å². The summed E-state index contributed by atoms with van der Waals surface area (Å²) in [5.41, 5.74) is 0.560. The fourth-order valence-corrected chi connectivity index (χ4v) is 2.57. The number of ether oxygens (including phenoxy) is 1. The Morgan fingerprint density at radius 3 is 2.50 bits per heavy atom. The van der Waals surface area contributed by atoms with Crippen LogP contribution in [0.15, 0.2) is 48.5 Å². The summed E-state index contributed by atoms with van der Waals surface area (Å²) in [6.45, 7) is 2.53. The van der Waals surface area contributed by atoms with Crippen molar-refractivity contribution < 1.29 is 22.7 Å². The van der Waals surface area contributed by atoms with Gasteiger partial charge in [-0.15, -0.1) is 0 Å². The Morgan fingerprint density at radius 1 is 1.08 bits per heavy atom. The molecule has 0 aliphatic rings. The molecule has 2 aromatic carbocycles. The van der Waals surface area contributed by atoms with Crippen LogP contribution in [0.1, 0.15) is 29.5 Å². The first kappa shape index (κ1) is 19.8. The Bertz CT molecular complexity index is 729. The Kier molecular flexibility index (Phi) is 7.06. The number of para-hydroxylation sites is 1. The minimum absolute atomic E-state index is 0.140. The van der Waals surface area contributed by atoms with E-state index in [1.54, 1.807) is 6.07 Å². The predicted molar refractivity (Wildman–Crippen MR) is 94.1 cm³/mol. The molecule has 0 unspecified atom stereocenters. The van der Waals surface area contributed by atoms with E-state index in [0.29, 0.717) is 13.0 Å². The average molecular weight is 365 g/mol. The van der Waals surface area contributed by atoms with Crippen LogP contribution < -0.4 is 10.1 Å². The summed E-state index contributed by atoms with van der Waals surface area (Å²) in [4.78, 5) is 11.8. The molecular formula is C20H22F3NO2. The zero-order chi connectivity index (χ0) is 19.0. The van der Waals surface area contributed by atoms with Gasteiger partial charge in [-0.05, 0) is 43.0 Å². The van der Waals surface area contributed by atoms with Crippen LogP contribution in [-0.2, 0) is 17.4 Å². The van der Waals surface area contributed by atoms with Crippen molar-refractivity contribution in [2.75, 3.05) is 13.2 Å². The minimum atomic E-state index is -4.38.